The summed E-state index contributed by atoms with van der Waals surface area (Å²) in [5, 5.41) is 12.6. The lowest BCUT2D eigenvalue weighted by Gasteiger charge is -2.37. The Hall–Kier alpha value is -1.10. The van der Waals surface area contributed by atoms with E-state index in [4.69, 9.17) is 0 Å². The number of carboxylic acids is 1. The van der Waals surface area contributed by atoms with Crippen LogP contribution < -0.4 is 5.32 Å². The van der Waals surface area contributed by atoms with Gasteiger partial charge in [-0.25, -0.2) is 0 Å². The molecule has 0 aliphatic carbocycles. The first-order chi connectivity index (χ1) is 8.93. The number of aliphatic carboxylic acids is 1. The van der Waals surface area contributed by atoms with E-state index in [9.17, 15) is 14.7 Å². The molecule has 1 rings (SSSR count). The van der Waals surface area contributed by atoms with Crippen LogP contribution in [0.1, 0.15) is 40.0 Å². The van der Waals surface area contributed by atoms with Gasteiger partial charge in [0, 0.05) is 25.6 Å². The van der Waals surface area contributed by atoms with Crippen LogP contribution >= 0.6 is 0 Å². The molecule has 1 aliphatic rings. The summed E-state index contributed by atoms with van der Waals surface area (Å²) < 4.78 is 0. The van der Waals surface area contributed by atoms with E-state index in [0.29, 0.717) is 31.8 Å². The number of nitrogens with one attached hydrogen (secondary N) is 1. The molecule has 0 aromatic rings. The fourth-order valence-electron chi connectivity index (χ4n) is 2.40. The van der Waals surface area contributed by atoms with E-state index in [1.165, 1.54) is 0 Å². The molecule has 2 N–H and O–H groups in total. The third-order valence-electron chi connectivity index (χ3n) is 3.43. The van der Waals surface area contributed by atoms with Gasteiger partial charge in [-0.2, -0.15) is 0 Å². The van der Waals surface area contributed by atoms with Gasteiger partial charge in [-0.15, -0.1) is 0 Å². The molecule has 0 aromatic carbocycles. The number of hydrogen-bond acceptors (Lipinski definition) is 3. The van der Waals surface area contributed by atoms with E-state index in [-0.39, 0.29) is 11.9 Å². The predicted molar refractivity (Wildman–Crippen MR) is 73.9 cm³/mol. The summed E-state index contributed by atoms with van der Waals surface area (Å²) in [7, 11) is 0. The normalized spacial score (nSPS) is 23.7. The monoisotopic (exact) mass is 270 g/mol. The summed E-state index contributed by atoms with van der Waals surface area (Å²) in [6.45, 7) is 8.04. The summed E-state index contributed by atoms with van der Waals surface area (Å²) in [5.41, 5.74) is 0. The molecule has 0 aromatic heterocycles. The molecule has 1 aliphatic heterocycles. The van der Waals surface area contributed by atoms with Gasteiger partial charge in [0.2, 0.25) is 5.91 Å². The second kappa shape index (κ2) is 7.48. The van der Waals surface area contributed by atoms with E-state index < -0.39 is 11.9 Å². The molecule has 2 atom stereocenters. The van der Waals surface area contributed by atoms with Gasteiger partial charge in [0.05, 0.1) is 5.92 Å². The van der Waals surface area contributed by atoms with Crippen LogP contribution in [0.25, 0.3) is 0 Å². The molecule has 2 unspecified atom stereocenters. The third kappa shape index (κ3) is 5.19. The van der Waals surface area contributed by atoms with Gasteiger partial charge in [0.15, 0.2) is 0 Å². The van der Waals surface area contributed by atoms with E-state index >= 15 is 0 Å². The topological polar surface area (TPSA) is 69.6 Å². The smallest absolute Gasteiger partial charge is 0.308 e. The van der Waals surface area contributed by atoms with Crippen molar-refractivity contribution in [1.82, 2.24) is 10.2 Å². The molecule has 5 nitrogen and oxygen atoms in total. The summed E-state index contributed by atoms with van der Waals surface area (Å²) in [4.78, 5) is 24.9. The zero-order valence-electron chi connectivity index (χ0n) is 12.2. The van der Waals surface area contributed by atoms with Crippen LogP contribution in [0.15, 0.2) is 0 Å². The zero-order valence-corrected chi connectivity index (χ0v) is 12.2. The number of piperidine rings is 1. The minimum atomic E-state index is -0.801. The number of nitrogens with zero attached hydrogens (tertiary/aromatic N) is 1. The van der Waals surface area contributed by atoms with Crippen molar-refractivity contribution in [3.63, 3.8) is 0 Å². The fraction of sp³-hybridized carbons (Fsp3) is 0.857. The lowest BCUT2D eigenvalue weighted by atomic mass is 9.93. The van der Waals surface area contributed by atoms with Crippen molar-refractivity contribution < 1.29 is 14.7 Å². The fourth-order valence-corrected chi connectivity index (χ4v) is 2.40. The van der Waals surface area contributed by atoms with Gasteiger partial charge in [-0.3, -0.25) is 9.59 Å². The van der Waals surface area contributed by atoms with Crippen molar-refractivity contribution in [2.45, 2.75) is 46.1 Å². The Morgan fingerprint density at radius 3 is 2.58 bits per heavy atom. The molecule has 1 fully saturated rings. The van der Waals surface area contributed by atoms with Crippen molar-refractivity contribution >= 4 is 11.9 Å². The maximum Gasteiger partial charge on any atom is 0.308 e. The standard InChI is InChI=1S/C14H26N2O3/c1-4-5-13(17)16-8-11(14(18)19)6-12(9-16)15-7-10(2)3/h10-12,15H,4-9H2,1-3H3,(H,18,19). The highest BCUT2D eigenvalue weighted by Gasteiger charge is 2.33. The molecule has 19 heavy (non-hydrogen) atoms. The Labute approximate surface area is 115 Å². The summed E-state index contributed by atoms with van der Waals surface area (Å²) in [6, 6.07) is 0.0954. The number of carboxylic acid groups (broad SMARTS) is 1. The Morgan fingerprint density at radius 1 is 1.37 bits per heavy atom. The predicted octanol–water partition coefficient (Wildman–Crippen LogP) is 1.33. The molecule has 0 saturated carbocycles. The summed E-state index contributed by atoms with van der Waals surface area (Å²) in [5.74, 6) is -0.653. The Kier molecular flexibility index (Phi) is 6.28. The average molecular weight is 270 g/mol. The van der Waals surface area contributed by atoms with Gasteiger partial charge in [-0.1, -0.05) is 20.8 Å². The van der Waals surface area contributed by atoms with Crippen LogP contribution in [-0.4, -0.2) is 47.6 Å². The van der Waals surface area contributed by atoms with Gasteiger partial charge < -0.3 is 15.3 Å². The molecule has 1 amide bonds. The number of hydrogen-bond donors (Lipinski definition) is 2. The minimum Gasteiger partial charge on any atom is -0.481 e. The molecule has 1 heterocycles. The number of rotatable bonds is 6. The third-order valence-corrected chi connectivity index (χ3v) is 3.43. The van der Waals surface area contributed by atoms with E-state index in [2.05, 4.69) is 19.2 Å². The van der Waals surface area contributed by atoms with Crippen LogP contribution in [0.5, 0.6) is 0 Å². The second-order valence-electron chi connectivity index (χ2n) is 5.82. The van der Waals surface area contributed by atoms with Gasteiger partial charge in [0.25, 0.3) is 0 Å². The summed E-state index contributed by atoms with van der Waals surface area (Å²) in [6.07, 6.45) is 1.92. The molecule has 0 spiro atoms. The summed E-state index contributed by atoms with van der Waals surface area (Å²) >= 11 is 0. The van der Waals surface area contributed by atoms with Crippen LogP contribution in [0.3, 0.4) is 0 Å². The minimum absolute atomic E-state index is 0.0739. The molecular weight excluding hydrogens is 244 g/mol. The largest absolute Gasteiger partial charge is 0.481 e. The first-order valence-corrected chi connectivity index (χ1v) is 7.18. The molecule has 110 valence electrons. The van der Waals surface area contributed by atoms with Crippen molar-refractivity contribution in [1.29, 1.82) is 0 Å². The van der Waals surface area contributed by atoms with Gasteiger partial charge >= 0.3 is 5.97 Å². The lowest BCUT2D eigenvalue weighted by molar-refractivity contribution is -0.146. The molecular formula is C14H26N2O3. The maximum atomic E-state index is 12.0. The second-order valence-corrected chi connectivity index (χ2v) is 5.82. The van der Waals surface area contributed by atoms with Crippen LogP contribution in [0, 0.1) is 11.8 Å². The highest BCUT2D eigenvalue weighted by molar-refractivity contribution is 5.78. The molecule has 0 bridgehead atoms. The van der Waals surface area contributed by atoms with E-state index in [0.717, 1.165) is 13.0 Å². The van der Waals surface area contributed by atoms with E-state index in [1.807, 2.05) is 6.92 Å². The van der Waals surface area contributed by atoms with Crippen LogP contribution in [0.4, 0.5) is 0 Å². The Morgan fingerprint density at radius 2 is 2.05 bits per heavy atom. The highest BCUT2D eigenvalue weighted by Crippen LogP contribution is 2.18. The Balaban J connectivity index is 2.62. The molecule has 5 heteroatoms. The van der Waals surface area contributed by atoms with Gasteiger partial charge in [-0.05, 0) is 25.3 Å². The van der Waals surface area contributed by atoms with E-state index in [1.54, 1.807) is 4.90 Å². The first-order valence-electron chi connectivity index (χ1n) is 7.18. The zero-order chi connectivity index (χ0) is 14.4. The van der Waals surface area contributed by atoms with Crippen molar-refractivity contribution in [2.75, 3.05) is 19.6 Å². The van der Waals surface area contributed by atoms with Crippen LogP contribution in [-0.2, 0) is 9.59 Å². The molecule has 1 saturated heterocycles. The number of likely N-dealkylation sites (tertiary alicyclic amines) is 1. The SMILES string of the molecule is CCCC(=O)N1CC(NCC(C)C)CC(C(=O)O)C1. The van der Waals surface area contributed by atoms with Crippen molar-refractivity contribution in [3.8, 4) is 0 Å². The van der Waals surface area contributed by atoms with Crippen LogP contribution in [0.2, 0.25) is 0 Å². The number of carbonyl (C=O) groups is 2. The highest BCUT2D eigenvalue weighted by atomic mass is 16.4. The Bertz CT molecular complexity index is 318. The average Bonchev–Trinajstić information content (AvgIpc) is 2.36. The lowest BCUT2D eigenvalue weighted by Crippen LogP contribution is -2.53. The maximum absolute atomic E-state index is 12.0. The quantitative estimate of drug-likeness (QED) is 0.764. The van der Waals surface area contributed by atoms with Crippen molar-refractivity contribution in [3.05, 3.63) is 0 Å². The van der Waals surface area contributed by atoms with Gasteiger partial charge in [0.1, 0.15) is 0 Å². The first kappa shape index (κ1) is 16.0. The molecule has 0 radical (unpaired) electrons. The number of carbonyl (C=O) groups excluding carboxylic acids is 1. The van der Waals surface area contributed by atoms with Crippen molar-refractivity contribution in [2.24, 2.45) is 11.8 Å². The number of amides is 1.